The smallest absolute Gasteiger partial charge is 0.333 e. The SMILES string of the molecule is O=C(NCCCCCCNC(=O)NNC(=S)Nc1ccccc1)NNC(=S)Nc1ccccc1. The molecule has 0 aromatic heterocycles. The highest BCUT2D eigenvalue weighted by Crippen LogP contribution is 2.04. The first-order chi connectivity index (χ1) is 16.5. The van der Waals surface area contributed by atoms with Crippen LogP contribution in [0, 0.1) is 0 Å². The minimum Gasteiger partial charge on any atom is -0.337 e. The minimum absolute atomic E-state index is 0.294. The Hall–Kier alpha value is -3.64. The lowest BCUT2D eigenvalue weighted by atomic mass is 10.2. The summed E-state index contributed by atoms with van der Waals surface area (Å²) in [6, 6.07) is 18.1. The van der Waals surface area contributed by atoms with Gasteiger partial charge in [0.1, 0.15) is 0 Å². The van der Waals surface area contributed by atoms with Crippen molar-refractivity contribution >= 4 is 58.1 Å². The molecule has 2 rings (SSSR count). The van der Waals surface area contributed by atoms with Gasteiger partial charge in [-0.15, -0.1) is 0 Å². The van der Waals surface area contributed by atoms with Gasteiger partial charge in [0.2, 0.25) is 0 Å². The van der Waals surface area contributed by atoms with Gasteiger partial charge in [-0.1, -0.05) is 49.2 Å². The molecule has 182 valence electrons. The molecule has 0 atom stereocenters. The maximum atomic E-state index is 11.8. The van der Waals surface area contributed by atoms with E-state index in [9.17, 15) is 9.59 Å². The van der Waals surface area contributed by atoms with Crippen molar-refractivity contribution in [3.8, 4) is 0 Å². The summed E-state index contributed by atoms with van der Waals surface area (Å²) in [6.45, 7) is 1.08. The molecule has 0 aliphatic heterocycles. The Morgan fingerprint density at radius 3 is 1.32 bits per heavy atom. The molecule has 0 aliphatic carbocycles. The number of hydrazine groups is 2. The number of benzene rings is 2. The fourth-order valence-corrected chi connectivity index (χ4v) is 3.03. The van der Waals surface area contributed by atoms with E-state index < -0.39 is 0 Å². The van der Waals surface area contributed by atoms with Crippen LogP contribution < -0.4 is 43.0 Å². The molecule has 0 heterocycles. The van der Waals surface area contributed by atoms with E-state index in [0.29, 0.717) is 23.3 Å². The number of thiocarbonyl (C=S) groups is 2. The van der Waals surface area contributed by atoms with Crippen molar-refractivity contribution in [2.24, 2.45) is 0 Å². The molecule has 34 heavy (non-hydrogen) atoms. The van der Waals surface area contributed by atoms with Crippen LogP contribution >= 0.6 is 24.4 Å². The van der Waals surface area contributed by atoms with Gasteiger partial charge in [0.25, 0.3) is 0 Å². The zero-order valence-corrected chi connectivity index (χ0v) is 20.3. The predicted octanol–water partition coefficient (Wildman–Crippen LogP) is 2.95. The molecule has 0 aliphatic rings. The molecule has 4 amide bonds. The number of unbranched alkanes of at least 4 members (excludes halogenated alkanes) is 3. The normalized spacial score (nSPS) is 9.76. The molecular formula is C22H30N8O2S2. The lowest BCUT2D eigenvalue weighted by Gasteiger charge is -2.12. The summed E-state index contributed by atoms with van der Waals surface area (Å²) in [5, 5.41) is 12.0. The summed E-state index contributed by atoms with van der Waals surface area (Å²) in [4.78, 5) is 23.6. The van der Waals surface area contributed by atoms with E-state index in [0.717, 1.165) is 37.1 Å². The lowest BCUT2D eigenvalue weighted by Crippen LogP contribution is -2.48. The van der Waals surface area contributed by atoms with Crippen molar-refractivity contribution < 1.29 is 9.59 Å². The summed E-state index contributed by atoms with van der Waals surface area (Å²) in [6.07, 6.45) is 3.50. The Bertz CT molecular complexity index is 840. The van der Waals surface area contributed by atoms with Crippen LogP contribution in [0.15, 0.2) is 60.7 Å². The molecule has 8 N–H and O–H groups in total. The van der Waals surface area contributed by atoms with Gasteiger partial charge in [-0.25, -0.2) is 20.4 Å². The summed E-state index contributed by atoms with van der Waals surface area (Å²) >= 11 is 10.2. The van der Waals surface area contributed by atoms with Gasteiger partial charge in [-0.05, 0) is 61.5 Å². The van der Waals surface area contributed by atoms with Crippen molar-refractivity contribution in [3.63, 3.8) is 0 Å². The number of rotatable bonds is 9. The topological polar surface area (TPSA) is 130 Å². The van der Waals surface area contributed by atoms with E-state index in [1.807, 2.05) is 60.7 Å². The third kappa shape index (κ3) is 12.4. The van der Waals surface area contributed by atoms with E-state index in [1.165, 1.54) is 0 Å². The van der Waals surface area contributed by atoms with Crippen molar-refractivity contribution in [3.05, 3.63) is 60.7 Å². The number of amides is 4. The number of para-hydroxylation sites is 2. The monoisotopic (exact) mass is 502 g/mol. The number of hydrogen-bond acceptors (Lipinski definition) is 4. The average Bonchev–Trinajstić information content (AvgIpc) is 2.84. The molecule has 0 saturated carbocycles. The highest BCUT2D eigenvalue weighted by atomic mass is 32.1. The van der Waals surface area contributed by atoms with Gasteiger partial charge in [0, 0.05) is 24.5 Å². The van der Waals surface area contributed by atoms with E-state index in [2.05, 4.69) is 43.0 Å². The van der Waals surface area contributed by atoms with Crippen molar-refractivity contribution in [1.82, 2.24) is 32.3 Å². The second kappa shape index (κ2) is 16.0. The number of carbonyl (C=O) groups excluding carboxylic acids is 2. The molecule has 10 nitrogen and oxygen atoms in total. The van der Waals surface area contributed by atoms with Crippen molar-refractivity contribution in [2.45, 2.75) is 25.7 Å². The summed E-state index contributed by atoms with van der Waals surface area (Å²) in [5.74, 6) is 0. The Balaban J connectivity index is 1.39. The number of hydrogen-bond donors (Lipinski definition) is 8. The maximum absolute atomic E-state index is 11.8. The third-order valence-electron chi connectivity index (χ3n) is 4.32. The van der Waals surface area contributed by atoms with Gasteiger partial charge in [0.05, 0.1) is 0 Å². The standard InChI is InChI=1S/C22H30N8O2S2/c31-19(27-29-21(33)25-17-11-5-3-6-12-17)23-15-9-1-2-10-16-24-20(32)28-30-22(34)26-18-13-7-4-8-14-18/h3-8,11-14H,1-2,9-10,15-16H2,(H2,23,27,31)(H2,24,28,32)(H2,25,29,33)(H2,26,30,34). The molecule has 0 spiro atoms. The van der Waals surface area contributed by atoms with Gasteiger partial charge < -0.3 is 21.3 Å². The molecule has 0 fully saturated rings. The summed E-state index contributed by atoms with van der Waals surface area (Å²) < 4.78 is 0. The van der Waals surface area contributed by atoms with Crippen LogP contribution in [-0.2, 0) is 0 Å². The van der Waals surface area contributed by atoms with Crippen LogP contribution in [0.25, 0.3) is 0 Å². The van der Waals surface area contributed by atoms with Crippen LogP contribution in [0.2, 0.25) is 0 Å². The number of nitrogens with one attached hydrogen (secondary N) is 8. The number of urea groups is 2. The van der Waals surface area contributed by atoms with Crippen LogP contribution in [0.3, 0.4) is 0 Å². The summed E-state index contributed by atoms with van der Waals surface area (Å²) in [7, 11) is 0. The average molecular weight is 503 g/mol. The Morgan fingerprint density at radius 1 is 0.559 bits per heavy atom. The third-order valence-corrected chi connectivity index (χ3v) is 4.73. The van der Waals surface area contributed by atoms with Crippen molar-refractivity contribution in [2.75, 3.05) is 23.7 Å². The van der Waals surface area contributed by atoms with Gasteiger partial charge in [-0.3, -0.25) is 10.9 Å². The second-order valence-electron chi connectivity index (χ2n) is 7.07. The number of anilines is 2. The Labute approximate surface area is 210 Å². The first kappa shape index (κ1) is 26.6. The highest BCUT2D eigenvalue weighted by Gasteiger charge is 2.03. The molecule has 0 radical (unpaired) electrons. The zero-order chi connectivity index (χ0) is 24.4. The van der Waals surface area contributed by atoms with E-state index >= 15 is 0 Å². The fraction of sp³-hybridized carbons (Fsp3) is 0.273. The van der Waals surface area contributed by atoms with E-state index in [1.54, 1.807) is 0 Å². The molecule has 2 aromatic rings. The van der Waals surface area contributed by atoms with Crippen LogP contribution in [0.1, 0.15) is 25.7 Å². The predicted molar refractivity (Wildman–Crippen MR) is 143 cm³/mol. The van der Waals surface area contributed by atoms with E-state index in [-0.39, 0.29) is 12.1 Å². The van der Waals surface area contributed by atoms with Gasteiger partial charge in [-0.2, -0.15) is 0 Å². The molecule has 12 heteroatoms. The molecule has 0 saturated heterocycles. The largest absolute Gasteiger partial charge is 0.337 e. The molecular weight excluding hydrogens is 472 g/mol. The van der Waals surface area contributed by atoms with Gasteiger partial charge >= 0.3 is 12.1 Å². The van der Waals surface area contributed by atoms with Crippen LogP contribution in [-0.4, -0.2) is 35.4 Å². The maximum Gasteiger partial charge on any atom is 0.333 e. The number of carbonyl (C=O) groups is 2. The molecule has 2 aromatic carbocycles. The first-order valence-corrected chi connectivity index (χ1v) is 11.7. The van der Waals surface area contributed by atoms with Gasteiger partial charge in [0.15, 0.2) is 10.2 Å². The molecule has 0 bridgehead atoms. The molecule has 0 unspecified atom stereocenters. The van der Waals surface area contributed by atoms with Crippen LogP contribution in [0.5, 0.6) is 0 Å². The fourth-order valence-electron chi connectivity index (χ4n) is 2.69. The zero-order valence-electron chi connectivity index (χ0n) is 18.6. The van der Waals surface area contributed by atoms with Crippen molar-refractivity contribution in [1.29, 1.82) is 0 Å². The Morgan fingerprint density at radius 2 is 0.941 bits per heavy atom. The van der Waals surface area contributed by atoms with Crippen LogP contribution in [0.4, 0.5) is 21.0 Å². The minimum atomic E-state index is -0.359. The summed E-state index contributed by atoms with van der Waals surface area (Å²) in [5.41, 5.74) is 11.9. The second-order valence-corrected chi connectivity index (χ2v) is 7.88. The lowest BCUT2D eigenvalue weighted by molar-refractivity contribution is 0.237. The first-order valence-electron chi connectivity index (χ1n) is 10.8. The highest BCUT2D eigenvalue weighted by molar-refractivity contribution is 7.80. The Kier molecular flexibility index (Phi) is 12.6. The quantitative estimate of drug-likeness (QED) is 0.149. The van der Waals surface area contributed by atoms with E-state index in [4.69, 9.17) is 24.4 Å².